The molecule has 0 saturated carbocycles. The zero-order valence-electron chi connectivity index (χ0n) is 9.65. The molecule has 0 fully saturated rings. The average molecular weight is 282 g/mol. The molecule has 0 heterocycles. The normalized spacial score (nSPS) is 11.3. The predicted octanol–water partition coefficient (Wildman–Crippen LogP) is 4.53. The molecule has 0 unspecified atom stereocenters. The van der Waals surface area contributed by atoms with Gasteiger partial charge in [-0.15, -0.1) is 0 Å². The van der Waals surface area contributed by atoms with Crippen LogP contribution in [0.2, 0.25) is 0 Å². The van der Waals surface area contributed by atoms with Gasteiger partial charge in [-0.2, -0.15) is 13.2 Å². The molecule has 0 saturated heterocycles. The highest BCUT2D eigenvalue weighted by Crippen LogP contribution is 2.37. The van der Waals surface area contributed by atoms with Crippen molar-refractivity contribution < 1.29 is 18.0 Å². The van der Waals surface area contributed by atoms with Crippen molar-refractivity contribution in [2.24, 2.45) is 0 Å². The van der Waals surface area contributed by atoms with E-state index < -0.39 is 5.51 Å². The number of hydrogen-bond donors (Lipinski definition) is 0. The maximum Gasteiger partial charge on any atom is 0.446 e. The molecule has 0 aliphatic heterocycles. The summed E-state index contributed by atoms with van der Waals surface area (Å²) in [6.45, 7) is 0. The van der Waals surface area contributed by atoms with Crippen LogP contribution < -0.4 is 0 Å². The lowest BCUT2D eigenvalue weighted by Crippen LogP contribution is -2.02. The fraction of sp³-hybridized carbons (Fsp3) is 0.0714. The lowest BCUT2D eigenvalue weighted by atomic mass is 10.0. The highest BCUT2D eigenvalue weighted by atomic mass is 32.2. The molecule has 2 aromatic rings. The Labute approximate surface area is 112 Å². The van der Waals surface area contributed by atoms with Crippen LogP contribution in [0, 0.1) is 0 Å². The van der Waals surface area contributed by atoms with Crippen molar-refractivity contribution >= 4 is 17.5 Å². The van der Waals surface area contributed by atoms with E-state index in [2.05, 4.69) is 0 Å². The Hall–Kier alpha value is -1.75. The largest absolute Gasteiger partial charge is 0.446 e. The molecule has 0 spiro atoms. The molecule has 0 N–H and O–H groups in total. The second kappa shape index (κ2) is 5.48. The number of halogens is 3. The van der Waals surface area contributed by atoms with Gasteiger partial charge in [0.2, 0.25) is 0 Å². The number of benzene rings is 2. The van der Waals surface area contributed by atoms with Crippen molar-refractivity contribution in [3.05, 3.63) is 65.7 Å². The minimum Gasteiger partial charge on any atom is -0.289 e. The molecule has 98 valence electrons. The van der Waals surface area contributed by atoms with Gasteiger partial charge in [0, 0.05) is 16.0 Å². The third-order valence-electron chi connectivity index (χ3n) is 2.37. The highest BCUT2D eigenvalue weighted by Gasteiger charge is 2.29. The summed E-state index contributed by atoms with van der Waals surface area (Å²) < 4.78 is 36.8. The Balaban J connectivity index is 2.27. The van der Waals surface area contributed by atoms with Crippen LogP contribution in [0.1, 0.15) is 15.9 Å². The van der Waals surface area contributed by atoms with E-state index in [9.17, 15) is 18.0 Å². The molecule has 2 aromatic carbocycles. The van der Waals surface area contributed by atoms with Gasteiger partial charge in [-0.25, -0.2) is 0 Å². The van der Waals surface area contributed by atoms with Crippen molar-refractivity contribution in [3.8, 4) is 0 Å². The van der Waals surface area contributed by atoms with Gasteiger partial charge in [0.05, 0.1) is 0 Å². The second-order valence-electron chi connectivity index (χ2n) is 3.77. The third kappa shape index (κ3) is 3.86. The molecule has 0 aliphatic carbocycles. The summed E-state index contributed by atoms with van der Waals surface area (Å²) in [5, 5.41) is 0. The number of hydrogen-bond acceptors (Lipinski definition) is 2. The zero-order chi connectivity index (χ0) is 13.9. The highest BCUT2D eigenvalue weighted by molar-refractivity contribution is 8.00. The van der Waals surface area contributed by atoms with Gasteiger partial charge in [-0.05, 0) is 23.9 Å². The summed E-state index contributed by atoms with van der Waals surface area (Å²) in [5.41, 5.74) is -3.65. The SMILES string of the molecule is O=C(c1ccccc1)c1cccc(SC(F)(F)F)c1. The van der Waals surface area contributed by atoms with Gasteiger partial charge >= 0.3 is 5.51 Å². The fourth-order valence-corrected chi connectivity index (χ4v) is 2.19. The molecular weight excluding hydrogens is 273 g/mol. The zero-order valence-corrected chi connectivity index (χ0v) is 10.5. The Morgan fingerprint density at radius 2 is 1.53 bits per heavy atom. The monoisotopic (exact) mass is 282 g/mol. The summed E-state index contributed by atoms with van der Waals surface area (Å²) in [5.74, 6) is -0.287. The Morgan fingerprint density at radius 3 is 2.16 bits per heavy atom. The van der Waals surface area contributed by atoms with Gasteiger partial charge in [0.15, 0.2) is 5.78 Å². The summed E-state index contributed by atoms with van der Waals surface area (Å²) in [7, 11) is 0. The Kier molecular flexibility index (Phi) is 3.95. The van der Waals surface area contributed by atoms with E-state index in [1.165, 1.54) is 24.3 Å². The minimum absolute atomic E-state index is 0.00859. The molecule has 0 bridgehead atoms. The van der Waals surface area contributed by atoms with Crippen LogP contribution in [0.15, 0.2) is 59.5 Å². The predicted molar refractivity (Wildman–Crippen MR) is 68.2 cm³/mol. The van der Waals surface area contributed by atoms with Gasteiger partial charge in [0.1, 0.15) is 0 Å². The van der Waals surface area contributed by atoms with E-state index in [4.69, 9.17) is 0 Å². The number of rotatable bonds is 3. The first-order valence-corrected chi connectivity index (χ1v) is 6.23. The van der Waals surface area contributed by atoms with Crippen LogP contribution in [-0.4, -0.2) is 11.3 Å². The standard InChI is InChI=1S/C14H9F3OS/c15-14(16,17)19-12-8-4-7-11(9-12)13(18)10-5-2-1-3-6-10/h1-9H. The summed E-state index contributed by atoms with van der Waals surface area (Å²) in [6, 6.07) is 14.0. The molecule has 0 atom stereocenters. The van der Waals surface area contributed by atoms with Gasteiger partial charge in [-0.3, -0.25) is 4.79 Å². The first-order valence-electron chi connectivity index (χ1n) is 5.41. The molecule has 5 heteroatoms. The summed E-state index contributed by atoms with van der Waals surface area (Å²) in [6.07, 6.45) is 0. The molecule has 0 amide bonds. The van der Waals surface area contributed by atoms with E-state index in [0.717, 1.165) is 0 Å². The van der Waals surface area contributed by atoms with Crippen molar-refractivity contribution in [2.45, 2.75) is 10.4 Å². The Morgan fingerprint density at radius 1 is 0.895 bits per heavy atom. The van der Waals surface area contributed by atoms with E-state index in [0.29, 0.717) is 5.56 Å². The quantitative estimate of drug-likeness (QED) is 0.607. The number of alkyl halides is 3. The number of carbonyl (C=O) groups excluding carboxylic acids is 1. The van der Waals surface area contributed by atoms with Crippen molar-refractivity contribution in [3.63, 3.8) is 0 Å². The second-order valence-corrected chi connectivity index (χ2v) is 4.91. The first kappa shape index (κ1) is 13.7. The third-order valence-corrected chi connectivity index (χ3v) is 3.09. The van der Waals surface area contributed by atoms with E-state index >= 15 is 0 Å². The lowest BCUT2D eigenvalue weighted by molar-refractivity contribution is -0.0328. The van der Waals surface area contributed by atoms with E-state index in [1.807, 2.05) is 0 Å². The van der Waals surface area contributed by atoms with Crippen LogP contribution in [0.25, 0.3) is 0 Å². The van der Waals surface area contributed by atoms with Gasteiger partial charge in [0.25, 0.3) is 0 Å². The van der Waals surface area contributed by atoms with Crippen LogP contribution in [0.5, 0.6) is 0 Å². The van der Waals surface area contributed by atoms with Crippen molar-refractivity contribution in [2.75, 3.05) is 0 Å². The molecule has 2 rings (SSSR count). The van der Waals surface area contributed by atoms with Gasteiger partial charge < -0.3 is 0 Å². The molecule has 0 aliphatic rings. The molecule has 0 radical (unpaired) electrons. The summed E-state index contributed by atoms with van der Waals surface area (Å²) >= 11 is -0.225. The smallest absolute Gasteiger partial charge is 0.289 e. The number of carbonyl (C=O) groups is 1. The minimum atomic E-state index is -4.35. The number of thioether (sulfide) groups is 1. The van der Waals surface area contributed by atoms with Gasteiger partial charge in [-0.1, -0.05) is 42.5 Å². The van der Waals surface area contributed by atoms with E-state index in [1.54, 1.807) is 30.3 Å². The van der Waals surface area contributed by atoms with Crippen LogP contribution in [0.4, 0.5) is 13.2 Å². The van der Waals surface area contributed by atoms with Crippen LogP contribution in [-0.2, 0) is 0 Å². The fourth-order valence-electron chi connectivity index (χ4n) is 1.59. The van der Waals surface area contributed by atoms with Crippen LogP contribution >= 0.6 is 11.8 Å². The first-order chi connectivity index (χ1) is 8.96. The molecule has 0 aromatic heterocycles. The molecule has 1 nitrogen and oxygen atoms in total. The number of ketones is 1. The average Bonchev–Trinajstić information content (AvgIpc) is 2.37. The molecule has 19 heavy (non-hydrogen) atoms. The summed E-state index contributed by atoms with van der Waals surface area (Å²) in [4.78, 5) is 12.1. The van der Waals surface area contributed by atoms with E-state index in [-0.39, 0.29) is 28.0 Å². The van der Waals surface area contributed by atoms with Crippen molar-refractivity contribution in [1.29, 1.82) is 0 Å². The maximum atomic E-state index is 12.3. The maximum absolute atomic E-state index is 12.3. The molecular formula is C14H9F3OS. The van der Waals surface area contributed by atoms with Crippen LogP contribution in [0.3, 0.4) is 0 Å². The topological polar surface area (TPSA) is 17.1 Å². The Bertz CT molecular complexity index is 579. The lowest BCUT2D eigenvalue weighted by Gasteiger charge is -2.07. The van der Waals surface area contributed by atoms with Crippen molar-refractivity contribution in [1.82, 2.24) is 0 Å².